The molecule has 0 radical (unpaired) electrons. The average Bonchev–Trinajstić information content (AvgIpc) is 3.45. The van der Waals surface area contributed by atoms with E-state index in [1.165, 1.54) is 17.8 Å². The lowest BCUT2D eigenvalue weighted by Gasteiger charge is -2.45. The third-order valence-electron chi connectivity index (χ3n) is 5.50. The second kappa shape index (κ2) is 9.27. The Morgan fingerprint density at radius 2 is 2.06 bits per heavy atom. The summed E-state index contributed by atoms with van der Waals surface area (Å²) in [7, 11) is 0. The maximum atomic E-state index is 12.7. The molecule has 3 saturated heterocycles. The topological polar surface area (TPSA) is 136 Å². The Morgan fingerprint density at radius 1 is 1.29 bits per heavy atom. The van der Waals surface area contributed by atoms with E-state index in [1.54, 1.807) is 27.5 Å². The van der Waals surface area contributed by atoms with Crippen molar-refractivity contribution in [2.24, 2.45) is 0 Å². The van der Waals surface area contributed by atoms with Crippen molar-refractivity contribution in [3.63, 3.8) is 0 Å². The van der Waals surface area contributed by atoms with Crippen molar-refractivity contribution < 1.29 is 27.9 Å². The van der Waals surface area contributed by atoms with Crippen LogP contribution in [0, 0.1) is 11.3 Å². The summed E-state index contributed by atoms with van der Waals surface area (Å²) in [5.74, 6) is -2.40. The number of hydrogen-bond donors (Lipinski definition) is 3. The highest BCUT2D eigenvalue weighted by atomic mass is 32.1. The van der Waals surface area contributed by atoms with Gasteiger partial charge in [-0.15, -0.1) is 16.4 Å². The lowest BCUT2D eigenvalue weighted by molar-refractivity contribution is -0.192. The molecule has 2 unspecified atom stereocenters. The number of carbonyl (C=O) groups is 2. The quantitative estimate of drug-likeness (QED) is 0.507. The third-order valence-corrected chi connectivity index (χ3v) is 6.24. The number of piperazine rings is 1. The molecule has 3 aliphatic heterocycles. The van der Waals surface area contributed by atoms with Crippen molar-refractivity contribution in [1.82, 2.24) is 19.9 Å². The molecule has 1 amide bonds. The summed E-state index contributed by atoms with van der Waals surface area (Å²) in [6.45, 7) is 1.83. The van der Waals surface area contributed by atoms with Gasteiger partial charge >= 0.3 is 12.1 Å². The minimum absolute atomic E-state index is 0.295. The molecule has 6 heterocycles. The van der Waals surface area contributed by atoms with Gasteiger partial charge in [-0.05, 0) is 25.0 Å². The summed E-state index contributed by atoms with van der Waals surface area (Å²) in [5, 5.41) is 30.7. The molecule has 14 heteroatoms. The van der Waals surface area contributed by atoms with Crippen LogP contribution in [-0.4, -0.2) is 62.9 Å². The molecule has 0 saturated carbocycles. The normalized spacial score (nSPS) is 19.3. The van der Waals surface area contributed by atoms with Crippen LogP contribution in [0.4, 0.5) is 24.8 Å². The van der Waals surface area contributed by atoms with E-state index in [2.05, 4.69) is 31.7 Å². The molecular formula is C20H18F3N7O3S. The Kier molecular flexibility index (Phi) is 6.40. The fraction of sp³-hybridized carbons (Fsp3) is 0.350. The molecule has 0 aromatic carbocycles. The molecule has 2 bridgehead atoms. The maximum absolute atomic E-state index is 12.7. The number of carboxylic acids is 1. The van der Waals surface area contributed by atoms with Crippen LogP contribution >= 0.6 is 11.3 Å². The first-order chi connectivity index (χ1) is 16.2. The molecule has 3 N–H and O–H groups in total. The molecule has 3 aromatic rings. The fourth-order valence-corrected chi connectivity index (χ4v) is 4.52. The highest BCUT2D eigenvalue weighted by molar-refractivity contribution is 7.08. The van der Waals surface area contributed by atoms with Gasteiger partial charge in [-0.25, -0.2) is 14.3 Å². The maximum Gasteiger partial charge on any atom is 0.490 e. The summed E-state index contributed by atoms with van der Waals surface area (Å²) in [6, 6.07) is 6.50. The number of carboxylic acid groups (broad SMARTS) is 1. The zero-order valence-corrected chi connectivity index (χ0v) is 18.2. The molecule has 178 valence electrons. The summed E-state index contributed by atoms with van der Waals surface area (Å²) in [5.41, 5.74) is 2.16. The average molecular weight is 493 g/mol. The smallest absolute Gasteiger partial charge is 0.475 e. The summed E-state index contributed by atoms with van der Waals surface area (Å²) in [6.07, 6.45) is -1.02. The molecule has 2 atom stereocenters. The van der Waals surface area contributed by atoms with Crippen LogP contribution in [0.1, 0.15) is 28.9 Å². The number of nitrogens with one attached hydrogen (secondary N) is 2. The first-order valence-electron chi connectivity index (χ1n) is 10.1. The first-order valence-corrected chi connectivity index (χ1v) is 11.0. The van der Waals surface area contributed by atoms with E-state index in [4.69, 9.17) is 15.2 Å². The van der Waals surface area contributed by atoms with E-state index in [0.717, 1.165) is 25.0 Å². The monoisotopic (exact) mass is 493 g/mol. The first kappa shape index (κ1) is 23.5. The number of fused-ring (bicyclic) bond motifs is 4. The zero-order valence-electron chi connectivity index (χ0n) is 17.4. The third kappa shape index (κ3) is 4.80. The zero-order chi connectivity index (χ0) is 24.5. The van der Waals surface area contributed by atoms with Crippen LogP contribution < -0.4 is 15.5 Å². The van der Waals surface area contributed by atoms with Gasteiger partial charge in [0.15, 0.2) is 0 Å². The van der Waals surface area contributed by atoms with Crippen molar-refractivity contribution in [2.45, 2.75) is 31.1 Å². The molecule has 10 nitrogen and oxygen atoms in total. The number of alkyl halides is 3. The number of aliphatic carboxylic acids is 1. The van der Waals surface area contributed by atoms with E-state index < -0.39 is 12.1 Å². The number of hydrogen-bond acceptors (Lipinski definition) is 8. The molecule has 3 fully saturated rings. The standard InChI is InChI=1S/C18H17N7OS.C2HF3O2/c19-5-11-9-27-10-15(11)22-17(26)16-4-3-14-7-21-18(23-25(14)16)24-8-12-1-2-13(24)6-20-12;3-2(4,5)1(6)7/h3-4,7,9-10,12-13,20H,1-2,6,8H2,(H,22,26);(H,6,7). The van der Waals surface area contributed by atoms with E-state index in [-0.39, 0.29) is 5.91 Å². The van der Waals surface area contributed by atoms with Gasteiger partial charge < -0.3 is 20.6 Å². The number of piperidine rings is 2. The van der Waals surface area contributed by atoms with Crippen LogP contribution in [-0.2, 0) is 4.79 Å². The second-order valence-electron chi connectivity index (χ2n) is 7.67. The number of nitrogens with zero attached hydrogens (tertiary/aromatic N) is 5. The van der Waals surface area contributed by atoms with Crippen LogP contribution in [0.25, 0.3) is 5.52 Å². The van der Waals surface area contributed by atoms with Crippen LogP contribution in [0.3, 0.4) is 0 Å². The van der Waals surface area contributed by atoms with Gasteiger partial charge in [0.05, 0.1) is 23.0 Å². The highest BCUT2D eigenvalue weighted by Gasteiger charge is 2.38. The Balaban J connectivity index is 0.000000344. The Labute approximate surface area is 194 Å². The van der Waals surface area contributed by atoms with Gasteiger partial charge in [-0.3, -0.25) is 4.79 Å². The molecule has 34 heavy (non-hydrogen) atoms. The van der Waals surface area contributed by atoms with Gasteiger partial charge in [0.25, 0.3) is 5.91 Å². The number of aromatic nitrogens is 3. The molecule has 3 aliphatic rings. The van der Waals surface area contributed by atoms with Crippen LogP contribution in [0.2, 0.25) is 0 Å². The van der Waals surface area contributed by atoms with E-state index in [1.807, 2.05) is 6.07 Å². The molecular weight excluding hydrogens is 475 g/mol. The van der Waals surface area contributed by atoms with Crippen LogP contribution in [0.5, 0.6) is 0 Å². The number of rotatable bonds is 3. The summed E-state index contributed by atoms with van der Waals surface area (Å²) >= 11 is 1.38. The number of amides is 1. The number of thiophene rings is 1. The van der Waals surface area contributed by atoms with Crippen molar-refractivity contribution in [1.29, 1.82) is 5.26 Å². The molecule has 0 aliphatic carbocycles. The van der Waals surface area contributed by atoms with Crippen molar-refractivity contribution in [3.05, 3.63) is 40.3 Å². The van der Waals surface area contributed by atoms with Crippen molar-refractivity contribution in [2.75, 3.05) is 23.3 Å². The van der Waals surface area contributed by atoms with E-state index in [0.29, 0.717) is 35.0 Å². The summed E-state index contributed by atoms with van der Waals surface area (Å²) in [4.78, 5) is 28.4. The van der Waals surface area contributed by atoms with Gasteiger partial charge in [0.2, 0.25) is 5.95 Å². The Morgan fingerprint density at radius 3 is 2.65 bits per heavy atom. The number of carbonyl (C=O) groups excluding carboxylic acids is 1. The van der Waals surface area contributed by atoms with Gasteiger partial charge in [0.1, 0.15) is 11.8 Å². The fourth-order valence-electron chi connectivity index (χ4n) is 3.82. The van der Waals surface area contributed by atoms with Gasteiger partial charge in [-0.2, -0.15) is 18.4 Å². The highest BCUT2D eigenvalue weighted by Crippen LogP contribution is 2.26. The Bertz CT molecular complexity index is 1260. The minimum atomic E-state index is -5.08. The minimum Gasteiger partial charge on any atom is -0.475 e. The van der Waals surface area contributed by atoms with Crippen LogP contribution in [0.15, 0.2) is 29.1 Å². The predicted octanol–water partition coefficient (Wildman–Crippen LogP) is 2.49. The van der Waals surface area contributed by atoms with E-state index >= 15 is 0 Å². The SMILES string of the molecule is N#Cc1cscc1NC(=O)c1ccc2cnc(N3CC4CCC3CN4)nn12.O=C(O)C(F)(F)F. The Hall–Kier alpha value is -3.70. The number of nitriles is 1. The van der Waals surface area contributed by atoms with Gasteiger partial charge in [0, 0.05) is 35.9 Å². The lowest BCUT2D eigenvalue weighted by atomic mass is 9.93. The number of anilines is 2. The van der Waals surface area contributed by atoms with Crippen molar-refractivity contribution in [3.8, 4) is 6.07 Å². The second-order valence-corrected chi connectivity index (χ2v) is 8.41. The largest absolute Gasteiger partial charge is 0.490 e. The predicted molar refractivity (Wildman–Crippen MR) is 116 cm³/mol. The van der Waals surface area contributed by atoms with E-state index in [9.17, 15) is 18.0 Å². The lowest BCUT2D eigenvalue weighted by Crippen LogP contribution is -2.61. The van der Waals surface area contributed by atoms with Crippen molar-refractivity contribution >= 4 is 40.4 Å². The summed E-state index contributed by atoms with van der Waals surface area (Å²) < 4.78 is 33.4. The number of halogens is 3. The van der Waals surface area contributed by atoms with Gasteiger partial charge in [-0.1, -0.05) is 0 Å². The molecule has 0 spiro atoms. The molecule has 6 rings (SSSR count). The molecule has 3 aromatic heterocycles.